The monoisotopic (exact) mass is 386 g/mol. The van der Waals surface area contributed by atoms with Gasteiger partial charge in [0.05, 0.1) is 6.54 Å². The van der Waals surface area contributed by atoms with Crippen LogP contribution in [0.2, 0.25) is 0 Å². The Morgan fingerprint density at radius 3 is 2.69 bits per heavy atom. The molecule has 0 aromatic heterocycles. The minimum Gasteiger partial charge on any atom is -0.362 e. The molecule has 0 aliphatic heterocycles. The Kier molecular flexibility index (Phi) is 3.91. The van der Waals surface area contributed by atoms with Crippen molar-refractivity contribution in [3.63, 3.8) is 0 Å². The topological polar surface area (TPSA) is 41.1 Å². The van der Waals surface area contributed by atoms with Gasteiger partial charge >= 0.3 is 0 Å². The molecule has 1 aromatic rings. The molecule has 4 saturated carbocycles. The number of fused-ring (bicyclic) bond motifs is 1. The number of aryl methyl sites for hydroxylation is 1. The lowest BCUT2D eigenvalue weighted by atomic mass is 9.38. The molecule has 3 nitrogen and oxygen atoms in total. The highest BCUT2D eigenvalue weighted by Gasteiger charge is 2.77. The normalized spacial score (nSPS) is 38.1. The van der Waals surface area contributed by atoms with Crippen molar-refractivity contribution >= 4 is 34.2 Å². The number of hydrogen-bond donors (Lipinski definition) is 2. The van der Waals surface area contributed by atoms with Crippen LogP contribution in [0.3, 0.4) is 0 Å². The Hall–Kier alpha value is -1.07. The summed E-state index contributed by atoms with van der Waals surface area (Å²) in [6.45, 7) is 2.40. The number of thioether (sulfide) groups is 1. The van der Waals surface area contributed by atoms with E-state index >= 15 is 0 Å². The molecule has 4 aliphatic carbocycles. The number of carbonyl (C=O) groups excluding carboxylic acids is 1. The highest BCUT2D eigenvalue weighted by atomic mass is 32.2. The number of amides is 1. The van der Waals surface area contributed by atoms with Crippen LogP contribution in [-0.4, -0.2) is 22.3 Å². The third kappa shape index (κ3) is 2.54. The van der Waals surface area contributed by atoms with Gasteiger partial charge in [0.2, 0.25) is 5.91 Å². The largest absolute Gasteiger partial charge is 0.362 e. The van der Waals surface area contributed by atoms with Gasteiger partial charge < -0.3 is 10.6 Å². The first-order valence-electron chi connectivity index (χ1n) is 9.76. The highest BCUT2D eigenvalue weighted by molar-refractivity contribution is 8.22. The second-order valence-electron chi connectivity index (χ2n) is 9.01. The Balaban J connectivity index is 1.09. The number of nitrogens with one attached hydrogen (secondary N) is 2. The summed E-state index contributed by atoms with van der Waals surface area (Å²) in [6, 6.07) is 8.46. The van der Waals surface area contributed by atoms with E-state index in [2.05, 4.69) is 41.8 Å². The highest BCUT2D eigenvalue weighted by Crippen LogP contribution is 2.82. The molecule has 5 rings (SSSR count). The summed E-state index contributed by atoms with van der Waals surface area (Å²) >= 11 is 6.99. The van der Waals surface area contributed by atoms with Crippen molar-refractivity contribution in [1.82, 2.24) is 10.6 Å². The van der Waals surface area contributed by atoms with Crippen molar-refractivity contribution in [2.24, 2.45) is 23.2 Å². The van der Waals surface area contributed by atoms with Crippen molar-refractivity contribution in [3.05, 3.63) is 35.4 Å². The lowest BCUT2D eigenvalue weighted by Crippen LogP contribution is -2.60. The molecule has 0 saturated heterocycles. The van der Waals surface area contributed by atoms with E-state index in [9.17, 15) is 4.79 Å². The predicted molar refractivity (Wildman–Crippen MR) is 110 cm³/mol. The van der Waals surface area contributed by atoms with E-state index in [0.717, 1.165) is 23.5 Å². The molecule has 5 heteroatoms. The van der Waals surface area contributed by atoms with Gasteiger partial charge in [-0.05, 0) is 67.8 Å². The van der Waals surface area contributed by atoms with Gasteiger partial charge in [0.15, 0.2) is 0 Å². The van der Waals surface area contributed by atoms with Gasteiger partial charge in [0.1, 0.15) is 4.32 Å². The Morgan fingerprint density at radius 1 is 1.27 bits per heavy atom. The average molecular weight is 387 g/mol. The molecule has 26 heavy (non-hydrogen) atoms. The SMILES string of the molecule is Cc1cccc(CSC(=S)NCC(=O)NC23CC4CC5CC(C2)C54C3)c1. The zero-order valence-electron chi connectivity index (χ0n) is 15.2. The fourth-order valence-electron chi connectivity index (χ4n) is 6.72. The van der Waals surface area contributed by atoms with Gasteiger partial charge in [-0.15, -0.1) is 0 Å². The summed E-state index contributed by atoms with van der Waals surface area (Å²) in [5.41, 5.74) is 3.28. The van der Waals surface area contributed by atoms with Crippen molar-refractivity contribution in [2.45, 2.75) is 50.3 Å². The van der Waals surface area contributed by atoms with Crippen LogP contribution in [0, 0.1) is 30.1 Å². The molecule has 1 spiro atoms. The molecule has 0 heterocycles. The summed E-state index contributed by atoms with van der Waals surface area (Å²) in [5, 5.41) is 6.54. The Labute approximate surface area is 165 Å². The van der Waals surface area contributed by atoms with Crippen LogP contribution in [0.15, 0.2) is 24.3 Å². The van der Waals surface area contributed by atoms with Gasteiger partial charge in [0, 0.05) is 11.3 Å². The van der Waals surface area contributed by atoms with Crippen molar-refractivity contribution in [3.8, 4) is 0 Å². The lowest BCUT2D eigenvalue weighted by Gasteiger charge is -2.66. The zero-order chi connectivity index (χ0) is 17.9. The van der Waals surface area contributed by atoms with E-state index in [1.54, 1.807) is 11.8 Å². The van der Waals surface area contributed by atoms with E-state index in [1.165, 1.54) is 43.2 Å². The number of benzene rings is 1. The fourth-order valence-corrected chi connectivity index (χ4v) is 7.62. The van der Waals surface area contributed by atoms with Gasteiger partial charge in [-0.2, -0.15) is 0 Å². The summed E-state index contributed by atoms with van der Waals surface area (Å²) < 4.78 is 0.704. The molecule has 2 N–H and O–H groups in total. The smallest absolute Gasteiger partial charge is 0.239 e. The first-order chi connectivity index (χ1) is 12.5. The fraction of sp³-hybridized carbons (Fsp3) is 0.619. The average Bonchev–Trinajstić information content (AvgIpc) is 3.05. The third-order valence-corrected chi connectivity index (χ3v) is 8.97. The van der Waals surface area contributed by atoms with Crippen molar-refractivity contribution in [1.29, 1.82) is 0 Å². The summed E-state index contributed by atoms with van der Waals surface area (Å²) in [4.78, 5) is 12.5. The molecular weight excluding hydrogens is 360 g/mol. The number of carbonyl (C=O) groups is 1. The molecule has 2 bridgehead atoms. The quantitative estimate of drug-likeness (QED) is 0.756. The Morgan fingerprint density at radius 2 is 2.04 bits per heavy atom. The minimum absolute atomic E-state index is 0.107. The molecule has 4 aliphatic rings. The predicted octanol–water partition coefficient (Wildman–Crippen LogP) is 3.80. The third-order valence-electron chi connectivity index (χ3n) is 7.59. The van der Waals surface area contributed by atoms with Crippen LogP contribution >= 0.6 is 24.0 Å². The van der Waals surface area contributed by atoms with Crippen molar-refractivity contribution in [2.75, 3.05) is 6.54 Å². The summed E-state index contributed by atoms with van der Waals surface area (Å²) in [5.74, 6) is 3.74. The van der Waals surface area contributed by atoms with Gasteiger partial charge in [0.25, 0.3) is 0 Å². The number of rotatable bonds is 5. The molecule has 2 atom stereocenters. The van der Waals surface area contributed by atoms with Crippen LogP contribution in [0.5, 0.6) is 0 Å². The van der Waals surface area contributed by atoms with Crippen molar-refractivity contribution < 1.29 is 4.79 Å². The maximum atomic E-state index is 12.5. The molecule has 2 unspecified atom stereocenters. The lowest BCUT2D eigenvalue weighted by molar-refractivity contribution is -0.176. The second kappa shape index (κ2) is 5.96. The van der Waals surface area contributed by atoms with E-state index in [0.29, 0.717) is 16.3 Å². The zero-order valence-corrected chi connectivity index (χ0v) is 16.8. The van der Waals surface area contributed by atoms with E-state index in [4.69, 9.17) is 12.2 Å². The second-order valence-corrected chi connectivity index (χ2v) is 10.7. The number of thiocarbonyl (C=S) groups is 1. The maximum absolute atomic E-state index is 12.5. The minimum atomic E-state index is 0.107. The van der Waals surface area contributed by atoms with E-state index in [-0.39, 0.29) is 11.4 Å². The van der Waals surface area contributed by atoms with Crippen LogP contribution < -0.4 is 10.6 Å². The molecule has 138 valence electrons. The molecular formula is C21H26N2OS2. The van der Waals surface area contributed by atoms with Gasteiger partial charge in [-0.25, -0.2) is 0 Å². The molecule has 1 amide bonds. The molecule has 4 fully saturated rings. The van der Waals surface area contributed by atoms with Crippen LogP contribution in [-0.2, 0) is 10.5 Å². The van der Waals surface area contributed by atoms with Crippen LogP contribution in [0.4, 0.5) is 0 Å². The molecule has 1 aromatic carbocycles. The van der Waals surface area contributed by atoms with Gasteiger partial charge in [-0.3, -0.25) is 4.79 Å². The van der Waals surface area contributed by atoms with E-state index in [1.807, 2.05) is 0 Å². The summed E-state index contributed by atoms with van der Waals surface area (Å²) in [6.07, 6.45) is 6.53. The Bertz CT molecular complexity index is 761. The molecule has 0 radical (unpaired) electrons. The first kappa shape index (κ1) is 17.1. The van der Waals surface area contributed by atoms with Gasteiger partial charge in [-0.1, -0.05) is 53.8 Å². The van der Waals surface area contributed by atoms with Crippen LogP contribution in [0.1, 0.15) is 43.2 Å². The van der Waals surface area contributed by atoms with E-state index < -0.39 is 0 Å². The van der Waals surface area contributed by atoms with Crippen LogP contribution in [0.25, 0.3) is 0 Å². The maximum Gasteiger partial charge on any atom is 0.239 e. The summed E-state index contributed by atoms with van der Waals surface area (Å²) in [7, 11) is 0. The first-order valence-corrected chi connectivity index (χ1v) is 11.2. The number of hydrogen-bond acceptors (Lipinski definition) is 3. The standard InChI is InChI=1S/C21H26N2OS2/c1-13-3-2-4-14(5-13)11-26-19(25)22-10-18(24)23-20-8-16-6-15-7-17(9-20)21(15,16)12-20/h2-5,15-17H,6-12H2,1H3,(H,22,25)(H,23,24).